The van der Waals surface area contributed by atoms with E-state index in [0.717, 1.165) is 0 Å². The van der Waals surface area contributed by atoms with Crippen molar-refractivity contribution >= 4 is 33.5 Å². The smallest absolute Gasteiger partial charge is 0.425 e. The summed E-state index contributed by atoms with van der Waals surface area (Å²) in [5.41, 5.74) is -2.66. The number of ether oxygens (including phenoxy) is 1. The molecular formula is C26H39N3O9S. The molecule has 2 rings (SSSR count). The fraction of sp³-hybridized carbons (Fsp3) is 0.654. The quantitative estimate of drug-likeness (QED) is 0.349. The first-order valence-electron chi connectivity index (χ1n) is 12.5. The summed E-state index contributed by atoms with van der Waals surface area (Å²) in [4.78, 5) is 41.4. The second kappa shape index (κ2) is 10.8. The molecular weight excluding hydrogens is 530 g/mol. The largest absolute Gasteiger partial charge is 0.464 e. The molecule has 39 heavy (non-hydrogen) atoms. The second-order valence-corrected chi connectivity index (χ2v) is 14.9. The van der Waals surface area contributed by atoms with Gasteiger partial charge in [0, 0.05) is 18.7 Å². The van der Waals surface area contributed by atoms with E-state index in [1.165, 1.54) is 39.0 Å². The summed E-state index contributed by atoms with van der Waals surface area (Å²) >= 11 is 0. The SMILES string of the molecule is CC(C)(C)CC(C)(C)OC(=O)N(C(=O)O)C1=N[C@](C)(c2cc([N+](=O)[O-])ccc2CCCO)CS(=O)(=O)C1(C)C. The lowest BCUT2D eigenvalue weighted by atomic mass is 9.84. The molecule has 2 N–H and O–H groups in total. The fourth-order valence-electron chi connectivity index (χ4n) is 5.06. The van der Waals surface area contributed by atoms with E-state index in [-0.39, 0.29) is 34.6 Å². The molecule has 0 saturated carbocycles. The Morgan fingerprint density at radius 1 is 1.18 bits per heavy atom. The third-order valence-corrected chi connectivity index (χ3v) is 9.21. The van der Waals surface area contributed by atoms with Crippen LogP contribution in [0.5, 0.6) is 0 Å². The summed E-state index contributed by atoms with van der Waals surface area (Å²) in [7, 11) is -4.18. The van der Waals surface area contributed by atoms with Crippen LogP contribution in [0.4, 0.5) is 15.3 Å². The van der Waals surface area contributed by atoms with Gasteiger partial charge in [-0.05, 0) is 70.4 Å². The molecule has 1 aromatic carbocycles. The Morgan fingerprint density at radius 2 is 1.77 bits per heavy atom. The van der Waals surface area contributed by atoms with Gasteiger partial charge >= 0.3 is 12.2 Å². The summed E-state index contributed by atoms with van der Waals surface area (Å²) in [5, 5.41) is 31.0. The molecule has 1 atom stereocenters. The normalized spacial score (nSPS) is 20.6. The van der Waals surface area contributed by atoms with Gasteiger partial charge in [0.15, 0.2) is 9.84 Å². The Labute approximate surface area is 229 Å². The van der Waals surface area contributed by atoms with E-state index in [2.05, 4.69) is 4.99 Å². The number of imide groups is 1. The molecule has 1 heterocycles. The number of nitro benzene ring substituents is 1. The summed E-state index contributed by atoms with van der Waals surface area (Å²) in [5.74, 6) is -1.16. The van der Waals surface area contributed by atoms with Crippen molar-refractivity contribution in [1.82, 2.24) is 4.90 Å². The van der Waals surface area contributed by atoms with E-state index in [1.54, 1.807) is 13.8 Å². The van der Waals surface area contributed by atoms with E-state index in [0.29, 0.717) is 18.4 Å². The van der Waals surface area contributed by atoms with E-state index in [1.807, 2.05) is 20.8 Å². The minimum atomic E-state index is -4.18. The van der Waals surface area contributed by atoms with Gasteiger partial charge in [-0.25, -0.2) is 18.0 Å². The van der Waals surface area contributed by atoms with Crippen LogP contribution in [0.1, 0.15) is 79.4 Å². The molecule has 0 fully saturated rings. The fourth-order valence-corrected chi connectivity index (χ4v) is 6.80. The zero-order valence-electron chi connectivity index (χ0n) is 23.8. The van der Waals surface area contributed by atoms with Crippen LogP contribution in [-0.4, -0.2) is 69.2 Å². The maximum atomic E-state index is 13.6. The highest BCUT2D eigenvalue weighted by molar-refractivity contribution is 7.93. The van der Waals surface area contributed by atoms with Crippen LogP contribution in [-0.2, 0) is 26.5 Å². The number of carbonyl (C=O) groups excluding carboxylic acids is 1. The predicted octanol–water partition coefficient (Wildman–Crippen LogP) is 4.67. The van der Waals surface area contributed by atoms with E-state index >= 15 is 0 Å². The number of aliphatic imine (C=N–C) groups is 1. The molecule has 1 aliphatic heterocycles. The molecule has 13 heteroatoms. The van der Waals surface area contributed by atoms with Crippen molar-refractivity contribution in [2.45, 2.75) is 90.5 Å². The minimum absolute atomic E-state index is 0.171. The maximum Gasteiger partial charge on any atom is 0.425 e. The Balaban J connectivity index is 2.79. The Hall–Kier alpha value is -3.06. The molecule has 0 aliphatic carbocycles. The minimum Gasteiger partial charge on any atom is -0.464 e. The van der Waals surface area contributed by atoms with Crippen molar-refractivity contribution in [2.75, 3.05) is 12.4 Å². The van der Waals surface area contributed by atoms with Gasteiger partial charge in [-0.1, -0.05) is 26.8 Å². The molecule has 1 aromatic rings. The van der Waals surface area contributed by atoms with Gasteiger partial charge in [0.05, 0.1) is 16.2 Å². The first-order valence-corrected chi connectivity index (χ1v) is 14.2. The van der Waals surface area contributed by atoms with Crippen LogP contribution >= 0.6 is 0 Å². The second-order valence-electron chi connectivity index (χ2n) is 12.4. The number of carbonyl (C=O) groups is 2. The number of hydrogen-bond donors (Lipinski definition) is 2. The highest BCUT2D eigenvalue weighted by Gasteiger charge is 2.54. The van der Waals surface area contributed by atoms with Crippen LogP contribution in [0.15, 0.2) is 23.2 Å². The molecule has 0 radical (unpaired) electrons. The number of nitrogens with zero attached hydrogens (tertiary/aromatic N) is 3. The third kappa shape index (κ3) is 7.13. The van der Waals surface area contributed by atoms with Crippen molar-refractivity contribution in [1.29, 1.82) is 0 Å². The molecule has 0 spiro atoms. The molecule has 12 nitrogen and oxygen atoms in total. The van der Waals surface area contributed by atoms with Gasteiger partial charge in [0.2, 0.25) is 0 Å². The number of sulfone groups is 1. The molecule has 2 amide bonds. The van der Waals surface area contributed by atoms with Crippen LogP contribution in [0.2, 0.25) is 0 Å². The molecule has 0 bridgehead atoms. The highest BCUT2D eigenvalue weighted by atomic mass is 32.2. The lowest BCUT2D eigenvalue weighted by Crippen LogP contribution is -2.60. The number of aliphatic hydroxyl groups is 1. The number of hydrogen-bond acceptors (Lipinski definition) is 9. The Morgan fingerprint density at radius 3 is 2.26 bits per heavy atom. The van der Waals surface area contributed by atoms with Crippen molar-refractivity contribution in [3.05, 3.63) is 39.4 Å². The average molecular weight is 570 g/mol. The van der Waals surface area contributed by atoms with Gasteiger partial charge in [0.1, 0.15) is 16.2 Å². The Kier molecular flexibility index (Phi) is 8.94. The lowest BCUT2D eigenvalue weighted by Gasteiger charge is -2.42. The summed E-state index contributed by atoms with van der Waals surface area (Å²) < 4.78 is 30.9. The van der Waals surface area contributed by atoms with Crippen LogP contribution in [0.25, 0.3) is 0 Å². The third-order valence-electron chi connectivity index (χ3n) is 6.53. The standard InChI is InChI=1S/C26H39N3O9S/c1-23(2,3)15-24(4,5)38-22(33)28(21(31)32)20-25(6,7)39(36,37)16-26(8,27-20)19-14-18(29(34)35)12-11-17(19)10-9-13-30/h11-12,14,30H,9-10,13,15-16H2,1-8H3,(H,31,32)/t26-/m0/s1. The molecule has 0 aromatic heterocycles. The van der Waals surface area contributed by atoms with Crippen LogP contribution in [0.3, 0.4) is 0 Å². The van der Waals surface area contributed by atoms with E-state index in [9.17, 15) is 38.3 Å². The van der Waals surface area contributed by atoms with Gasteiger partial charge in [-0.2, -0.15) is 4.90 Å². The number of carboxylic acid groups (broad SMARTS) is 1. The predicted molar refractivity (Wildman–Crippen MR) is 146 cm³/mol. The molecule has 0 saturated heterocycles. The number of non-ortho nitro benzene ring substituents is 1. The Bertz CT molecular complexity index is 1280. The van der Waals surface area contributed by atoms with E-state index in [4.69, 9.17) is 4.74 Å². The van der Waals surface area contributed by atoms with E-state index < -0.39 is 54.4 Å². The topological polar surface area (TPSA) is 177 Å². The molecule has 1 aliphatic rings. The first-order chi connectivity index (χ1) is 17.6. The van der Waals surface area contributed by atoms with Gasteiger partial charge in [-0.3, -0.25) is 15.1 Å². The molecule has 218 valence electrons. The van der Waals surface area contributed by atoms with Gasteiger partial charge in [-0.15, -0.1) is 0 Å². The van der Waals surface area contributed by atoms with Crippen molar-refractivity contribution in [3.63, 3.8) is 0 Å². The van der Waals surface area contributed by atoms with Gasteiger partial charge in [0.25, 0.3) is 5.69 Å². The number of aryl methyl sites for hydroxylation is 1. The van der Waals surface area contributed by atoms with Crippen LogP contribution < -0.4 is 0 Å². The van der Waals surface area contributed by atoms with Crippen LogP contribution in [0, 0.1) is 15.5 Å². The molecule has 0 unspecified atom stereocenters. The number of nitro groups is 1. The van der Waals surface area contributed by atoms with Crippen molar-refractivity contribution in [2.24, 2.45) is 10.4 Å². The zero-order chi connectivity index (χ0) is 30.2. The summed E-state index contributed by atoms with van der Waals surface area (Å²) in [6.45, 7) is 12.8. The first kappa shape index (κ1) is 32.2. The number of amidine groups is 1. The monoisotopic (exact) mass is 569 g/mol. The zero-order valence-corrected chi connectivity index (χ0v) is 24.6. The maximum absolute atomic E-state index is 13.6. The van der Waals surface area contributed by atoms with Gasteiger partial charge < -0.3 is 14.9 Å². The average Bonchev–Trinajstić information content (AvgIpc) is 2.73. The van der Waals surface area contributed by atoms with Crippen molar-refractivity contribution < 1.29 is 37.9 Å². The number of rotatable bonds is 7. The number of aliphatic hydroxyl groups excluding tert-OH is 1. The summed E-state index contributed by atoms with van der Waals surface area (Å²) in [6, 6.07) is 3.94. The number of amides is 2. The summed E-state index contributed by atoms with van der Waals surface area (Å²) in [6.07, 6.45) is -2.14. The number of benzene rings is 1. The highest BCUT2D eigenvalue weighted by Crippen LogP contribution is 2.41. The lowest BCUT2D eigenvalue weighted by molar-refractivity contribution is -0.385. The van der Waals surface area contributed by atoms with Crippen molar-refractivity contribution in [3.8, 4) is 0 Å².